The van der Waals surface area contributed by atoms with Crippen molar-refractivity contribution in [2.45, 2.75) is 31.7 Å². The van der Waals surface area contributed by atoms with Crippen LogP contribution >= 0.6 is 23.2 Å². The fourth-order valence-electron chi connectivity index (χ4n) is 2.63. The Bertz CT molecular complexity index is 479. The molecule has 1 fully saturated rings. The summed E-state index contributed by atoms with van der Waals surface area (Å²) in [4.78, 5) is 14.5. The molecule has 1 saturated heterocycles. The minimum Gasteiger partial charge on any atom is -0.395 e. The highest BCUT2D eigenvalue weighted by atomic mass is 35.5. The van der Waals surface area contributed by atoms with Crippen LogP contribution in [0.3, 0.4) is 0 Å². The third-order valence-corrected chi connectivity index (χ3v) is 4.35. The molecular weight excluding hydrogens is 297 g/mol. The SMILES string of the molecule is O=C(CN1CCCCCC1CO)c1cc(Cl)ccc1Cl. The average molecular weight is 316 g/mol. The first-order valence-electron chi connectivity index (χ1n) is 6.95. The number of aliphatic hydroxyl groups excluding tert-OH is 1. The van der Waals surface area contributed by atoms with Crippen LogP contribution in [0.4, 0.5) is 0 Å². The smallest absolute Gasteiger partial charge is 0.178 e. The molecule has 5 heteroatoms. The zero-order chi connectivity index (χ0) is 14.5. The molecule has 1 heterocycles. The van der Waals surface area contributed by atoms with Gasteiger partial charge in [0.25, 0.3) is 0 Å². The molecule has 1 unspecified atom stereocenters. The minimum absolute atomic E-state index is 0.0437. The van der Waals surface area contributed by atoms with Crippen LogP contribution in [0.1, 0.15) is 36.0 Å². The highest BCUT2D eigenvalue weighted by Crippen LogP contribution is 2.23. The van der Waals surface area contributed by atoms with Gasteiger partial charge in [0.2, 0.25) is 0 Å². The number of hydrogen-bond donors (Lipinski definition) is 1. The van der Waals surface area contributed by atoms with Crippen molar-refractivity contribution in [2.24, 2.45) is 0 Å². The molecule has 0 amide bonds. The molecule has 3 nitrogen and oxygen atoms in total. The van der Waals surface area contributed by atoms with Crippen LogP contribution in [0.25, 0.3) is 0 Å². The number of rotatable bonds is 4. The van der Waals surface area contributed by atoms with Gasteiger partial charge in [-0.3, -0.25) is 9.69 Å². The molecule has 110 valence electrons. The van der Waals surface area contributed by atoms with E-state index in [0.29, 0.717) is 15.6 Å². The van der Waals surface area contributed by atoms with Crippen molar-refractivity contribution in [2.75, 3.05) is 19.7 Å². The van der Waals surface area contributed by atoms with Crippen LogP contribution in [0.15, 0.2) is 18.2 Å². The third-order valence-electron chi connectivity index (χ3n) is 3.79. The summed E-state index contributed by atoms with van der Waals surface area (Å²) in [6.45, 7) is 1.22. The second kappa shape index (κ2) is 7.41. The van der Waals surface area contributed by atoms with Gasteiger partial charge >= 0.3 is 0 Å². The number of hydrogen-bond acceptors (Lipinski definition) is 3. The molecular formula is C15H19Cl2NO2. The zero-order valence-corrected chi connectivity index (χ0v) is 12.8. The van der Waals surface area contributed by atoms with Crippen molar-refractivity contribution in [3.05, 3.63) is 33.8 Å². The van der Waals surface area contributed by atoms with Crippen molar-refractivity contribution in [3.63, 3.8) is 0 Å². The summed E-state index contributed by atoms with van der Waals surface area (Å²) in [5, 5.41) is 10.4. The second-order valence-corrected chi connectivity index (χ2v) is 6.05. The first kappa shape index (κ1) is 15.8. The van der Waals surface area contributed by atoms with Crippen LogP contribution in [0.5, 0.6) is 0 Å². The van der Waals surface area contributed by atoms with Crippen molar-refractivity contribution < 1.29 is 9.90 Å². The molecule has 1 aromatic rings. The lowest BCUT2D eigenvalue weighted by atomic mass is 10.1. The van der Waals surface area contributed by atoms with Gasteiger partial charge in [0.05, 0.1) is 18.2 Å². The molecule has 1 aliphatic rings. The molecule has 1 aromatic carbocycles. The molecule has 0 saturated carbocycles. The Kier molecular flexibility index (Phi) is 5.85. The van der Waals surface area contributed by atoms with Gasteiger partial charge in [-0.2, -0.15) is 0 Å². The highest BCUT2D eigenvalue weighted by Gasteiger charge is 2.23. The second-order valence-electron chi connectivity index (χ2n) is 5.20. The van der Waals surface area contributed by atoms with E-state index < -0.39 is 0 Å². The number of carbonyl (C=O) groups excluding carboxylic acids is 1. The van der Waals surface area contributed by atoms with E-state index in [0.717, 1.165) is 32.2 Å². The lowest BCUT2D eigenvalue weighted by Gasteiger charge is -2.27. The van der Waals surface area contributed by atoms with Crippen LogP contribution in [-0.2, 0) is 0 Å². The van der Waals surface area contributed by atoms with E-state index in [1.54, 1.807) is 18.2 Å². The maximum Gasteiger partial charge on any atom is 0.178 e. The maximum atomic E-state index is 12.4. The monoisotopic (exact) mass is 315 g/mol. The van der Waals surface area contributed by atoms with E-state index in [4.69, 9.17) is 23.2 Å². The van der Waals surface area contributed by atoms with Gasteiger partial charge in [0, 0.05) is 16.6 Å². The fraction of sp³-hybridized carbons (Fsp3) is 0.533. The lowest BCUT2D eigenvalue weighted by Crippen LogP contribution is -2.40. The number of carbonyl (C=O) groups is 1. The van der Waals surface area contributed by atoms with E-state index in [9.17, 15) is 9.90 Å². The molecule has 0 aromatic heterocycles. The van der Waals surface area contributed by atoms with Gasteiger partial charge in [0.15, 0.2) is 5.78 Å². The number of Topliss-reactive ketones (excluding diaryl/α,β-unsaturated/α-hetero) is 1. The van der Waals surface area contributed by atoms with Crippen LogP contribution < -0.4 is 0 Å². The van der Waals surface area contributed by atoms with Gasteiger partial charge in [-0.1, -0.05) is 36.0 Å². The molecule has 1 aliphatic heterocycles. The summed E-state index contributed by atoms with van der Waals surface area (Å²) < 4.78 is 0. The summed E-state index contributed by atoms with van der Waals surface area (Å²) in [5.74, 6) is -0.0437. The third kappa shape index (κ3) is 3.95. The van der Waals surface area contributed by atoms with Crippen LogP contribution in [0.2, 0.25) is 10.0 Å². The van der Waals surface area contributed by atoms with Crippen molar-refractivity contribution in [1.82, 2.24) is 4.90 Å². The number of nitrogens with zero attached hydrogens (tertiary/aromatic N) is 1. The minimum atomic E-state index is -0.0437. The topological polar surface area (TPSA) is 40.5 Å². The largest absolute Gasteiger partial charge is 0.395 e. The molecule has 1 N–H and O–H groups in total. The van der Waals surface area contributed by atoms with E-state index in [-0.39, 0.29) is 25.0 Å². The predicted molar refractivity (Wildman–Crippen MR) is 81.7 cm³/mol. The Morgan fingerprint density at radius 2 is 2.10 bits per heavy atom. The molecule has 0 aliphatic carbocycles. The van der Waals surface area contributed by atoms with Crippen LogP contribution in [-0.4, -0.2) is 41.5 Å². The summed E-state index contributed by atoms with van der Waals surface area (Å²) in [6.07, 6.45) is 4.26. The Balaban J connectivity index is 2.11. The molecule has 2 rings (SSSR count). The lowest BCUT2D eigenvalue weighted by molar-refractivity contribution is 0.0826. The van der Waals surface area contributed by atoms with Gasteiger partial charge in [0.1, 0.15) is 0 Å². The van der Waals surface area contributed by atoms with Gasteiger partial charge in [-0.15, -0.1) is 0 Å². The first-order chi connectivity index (χ1) is 9.61. The van der Waals surface area contributed by atoms with E-state index in [2.05, 4.69) is 4.90 Å². The number of ketones is 1. The van der Waals surface area contributed by atoms with Crippen molar-refractivity contribution >= 4 is 29.0 Å². The number of aliphatic hydroxyl groups is 1. The number of likely N-dealkylation sites (tertiary alicyclic amines) is 1. The Morgan fingerprint density at radius 1 is 1.30 bits per heavy atom. The van der Waals surface area contributed by atoms with Gasteiger partial charge in [-0.25, -0.2) is 0 Å². The fourth-order valence-corrected chi connectivity index (χ4v) is 3.03. The Hall–Kier alpha value is -0.610. The quantitative estimate of drug-likeness (QED) is 0.866. The van der Waals surface area contributed by atoms with Crippen LogP contribution in [0, 0.1) is 0 Å². The summed E-state index contributed by atoms with van der Waals surface area (Å²) in [7, 11) is 0. The van der Waals surface area contributed by atoms with E-state index >= 15 is 0 Å². The molecule has 0 spiro atoms. The Labute approximate surface area is 129 Å². The predicted octanol–water partition coefficient (Wildman–Crippen LogP) is 3.41. The highest BCUT2D eigenvalue weighted by molar-refractivity contribution is 6.36. The van der Waals surface area contributed by atoms with Gasteiger partial charge in [-0.05, 0) is 37.6 Å². The van der Waals surface area contributed by atoms with E-state index in [1.807, 2.05) is 0 Å². The zero-order valence-electron chi connectivity index (χ0n) is 11.3. The standard InChI is InChI=1S/C15H19Cl2NO2/c16-11-5-6-14(17)13(8-11)15(20)9-18-7-3-1-2-4-12(18)10-19/h5-6,8,12,19H,1-4,7,9-10H2. The number of benzene rings is 1. The molecule has 20 heavy (non-hydrogen) atoms. The van der Waals surface area contributed by atoms with Crippen molar-refractivity contribution in [1.29, 1.82) is 0 Å². The normalized spacial score (nSPS) is 20.6. The first-order valence-corrected chi connectivity index (χ1v) is 7.70. The average Bonchev–Trinajstić information content (AvgIpc) is 2.66. The van der Waals surface area contributed by atoms with Gasteiger partial charge < -0.3 is 5.11 Å². The number of halogens is 2. The summed E-state index contributed by atoms with van der Waals surface area (Å²) >= 11 is 12.0. The summed E-state index contributed by atoms with van der Waals surface area (Å²) in [5.41, 5.74) is 0.458. The maximum absolute atomic E-state index is 12.4. The van der Waals surface area contributed by atoms with Crippen molar-refractivity contribution in [3.8, 4) is 0 Å². The summed E-state index contributed by atoms with van der Waals surface area (Å²) in [6, 6.07) is 4.99. The molecule has 0 radical (unpaired) electrons. The van der Waals surface area contributed by atoms with E-state index in [1.165, 1.54) is 0 Å². The molecule has 0 bridgehead atoms. The molecule has 1 atom stereocenters. The Morgan fingerprint density at radius 3 is 2.85 bits per heavy atom.